The van der Waals surface area contributed by atoms with E-state index in [-0.39, 0.29) is 0 Å². The smallest absolute Gasteiger partial charge is 0.146 e. The predicted octanol–water partition coefficient (Wildman–Crippen LogP) is 7.70. The molecule has 0 unspecified atom stereocenters. The Labute approximate surface area is 231 Å². The van der Waals surface area contributed by atoms with E-state index in [1.807, 2.05) is 0 Å². The summed E-state index contributed by atoms with van der Waals surface area (Å²) in [5.74, 6) is 0. The second-order valence-corrected chi connectivity index (χ2v) is 14.3. The van der Waals surface area contributed by atoms with Crippen molar-refractivity contribution >= 4 is 82.9 Å². The van der Waals surface area contributed by atoms with Gasteiger partial charge in [-0.25, -0.2) is 4.98 Å². The van der Waals surface area contributed by atoms with Crippen molar-refractivity contribution in [2.24, 2.45) is 0 Å². The van der Waals surface area contributed by atoms with Gasteiger partial charge in [-0.1, -0.05) is 133 Å². The highest BCUT2D eigenvalue weighted by Gasteiger charge is 2.29. The van der Waals surface area contributed by atoms with Gasteiger partial charge in [0.2, 0.25) is 0 Å². The van der Waals surface area contributed by atoms with Crippen molar-refractivity contribution < 1.29 is 0 Å². The summed E-state index contributed by atoms with van der Waals surface area (Å²) >= 11 is 6.81. The molecule has 0 amide bonds. The normalized spacial score (nSPS) is 12.2. The molecule has 0 saturated carbocycles. The summed E-state index contributed by atoms with van der Waals surface area (Å²) in [4.78, 5) is 5.30. The Bertz CT molecular complexity index is 2210. The Morgan fingerprint density at radius 1 is 0.538 bits per heavy atom. The molecule has 0 atom stereocenters. The van der Waals surface area contributed by atoms with E-state index >= 15 is 0 Å². The highest BCUT2D eigenvalue weighted by atomic mass is 32.4. The molecule has 8 aromatic rings. The van der Waals surface area contributed by atoms with Gasteiger partial charge in [-0.15, -0.1) is 0 Å². The molecule has 184 valence electrons. The molecular formula is C35H23N2PS. The maximum atomic E-state index is 6.81. The number of nitrogens with zero attached hydrogens (tertiary/aromatic N) is 2. The maximum Gasteiger partial charge on any atom is 0.146 e. The van der Waals surface area contributed by atoms with Crippen LogP contribution in [0.4, 0.5) is 0 Å². The number of aromatic nitrogens is 2. The molecule has 8 rings (SSSR count). The molecule has 4 heteroatoms. The number of benzene rings is 6. The average Bonchev–Trinajstić information content (AvgIpc) is 3.41. The summed E-state index contributed by atoms with van der Waals surface area (Å²) in [5, 5.41) is 9.65. The molecule has 6 aromatic carbocycles. The van der Waals surface area contributed by atoms with E-state index in [0.29, 0.717) is 0 Å². The van der Waals surface area contributed by atoms with Crippen molar-refractivity contribution in [2.45, 2.75) is 0 Å². The fourth-order valence-corrected chi connectivity index (χ4v) is 10.1. The molecule has 39 heavy (non-hydrogen) atoms. The van der Waals surface area contributed by atoms with Crippen LogP contribution in [0.15, 0.2) is 140 Å². The monoisotopic (exact) mass is 534 g/mol. The van der Waals surface area contributed by atoms with Crippen LogP contribution in [0.3, 0.4) is 0 Å². The van der Waals surface area contributed by atoms with Crippen molar-refractivity contribution in [2.75, 3.05) is 0 Å². The van der Waals surface area contributed by atoms with E-state index in [1.54, 1.807) is 0 Å². The first-order valence-corrected chi connectivity index (χ1v) is 15.9. The number of pyridine rings is 1. The van der Waals surface area contributed by atoms with Gasteiger partial charge in [0.15, 0.2) is 0 Å². The molecule has 0 aliphatic rings. The van der Waals surface area contributed by atoms with Crippen LogP contribution in [0.1, 0.15) is 0 Å². The zero-order valence-corrected chi connectivity index (χ0v) is 22.7. The Morgan fingerprint density at radius 3 is 1.92 bits per heavy atom. The minimum atomic E-state index is -2.40. The topological polar surface area (TPSA) is 17.3 Å². The van der Waals surface area contributed by atoms with Gasteiger partial charge in [0.25, 0.3) is 0 Å². The lowest BCUT2D eigenvalue weighted by Crippen LogP contribution is -2.25. The van der Waals surface area contributed by atoms with Crippen molar-refractivity contribution in [3.05, 3.63) is 140 Å². The Hall–Kier alpha value is -4.30. The van der Waals surface area contributed by atoms with Crippen LogP contribution in [0.2, 0.25) is 0 Å². The van der Waals surface area contributed by atoms with E-state index in [0.717, 1.165) is 27.6 Å². The van der Waals surface area contributed by atoms with Crippen LogP contribution in [0, 0.1) is 0 Å². The molecule has 0 aliphatic carbocycles. The molecule has 0 aliphatic heterocycles. The van der Waals surface area contributed by atoms with E-state index in [1.165, 1.54) is 37.5 Å². The van der Waals surface area contributed by atoms with Gasteiger partial charge < -0.3 is 0 Å². The largest absolute Gasteiger partial charge is 0.291 e. The highest BCUT2D eigenvalue weighted by molar-refractivity contribution is 8.25. The number of rotatable bonds is 3. The van der Waals surface area contributed by atoms with E-state index < -0.39 is 6.04 Å². The lowest BCUT2D eigenvalue weighted by atomic mass is 9.99. The van der Waals surface area contributed by atoms with Gasteiger partial charge in [-0.05, 0) is 39.6 Å². The van der Waals surface area contributed by atoms with E-state index in [2.05, 4.69) is 144 Å². The summed E-state index contributed by atoms with van der Waals surface area (Å²) < 4.78 is 2.37. The molecule has 0 fully saturated rings. The second-order valence-electron chi connectivity index (χ2n) is 9.92. The summed E-state index contributed by atoms with van der Waals surface area (Å²) in [6, 6.07) is 47.2. The summed E-state index contributed by atoms with van der Waals surface area (Å²) in [5.41, 5.74) is 4.20. The van der Waals surface area contributed by atoms with Crippen molar-refractivity contribution in [1.29, 1.82) is 0 Å². The van der Waals surface area contributed by atoms with Crippen LogP contribution in [-0.4, -0.2) is 9.38 Å². The third-order valence-corrected chi connectivity index (χ3v) is 12.8. The minimum Gasteiger partial charge on any atom is -0.291 e. The maximum absolute atomic E-state index is 6.81. The lowest BCUT2D eigenvalue weighted by Gasteiger charge is -2.25. The van der Waals surface area contributed by atoms with Gasteiger partial charge in [-0.2, -0.15) is 0 Å². The standard InChI is InChI=1S/C35H23N2PS/c39-38(25-13-3-1-4-14-25,26-15-5-2-6-16-26)32-21-11-19-30-34(32)37-31-20-10-9-18-28(31)33-27-17-8-7-12-24(27)22-23-29(33)35(37)36-30/h1-23H. The molecule has 0 spiro atoms. The SMILES string of the molecule is S=P(c1ccccc1)(c1ccccc1)c1cccc2nc3c4ccc5ccccc5c4c4ccccc4n3c12. The molecule has 2 heterocycles. The van der Waals surface area contributed by atoms with Crippen LogP contribution < -0.4 is 15.9 Å². The first-order valence-electron chi connectivity index (χ1n) is 13.1. The zero-order valence-electron chi connectivity index (χ0n) is 21.0. The number of hydrogen-bond acceptors (Lipinski definition) is 2. The lowest BCUT2D eigenvalue weighted by molar-refractivity contribution is 1.32. The Kier molecular flexibility index (Phi) is 5.00. The number of imidazole rings is 1. The van der Waals surface area contributed by atoms with E-state index in [9.17, 15) is 0 Å². The second kappa shape index (κ2) is 8.61. The number of fused-ring (bicyclic) bond motifs is 10. The number of para-hydroxylation sites is 2. The summed E-state index contributed by atoms with van der Waals surface area (Å²) in [6.45, 7) is 0. The van der Waals surface area contributed by atoms with Gasteiger partial charge in [0, 0.05) is 27.5 Å². The van der Waals surface area contributed by atoms with Gasteiger partial charge >= 0.3 is 0 Å². The first-order chi connectivity index (χ1) is 19.2. The third-order valence-electron chi connectivity index (χ3n) is 7.82. The van der Waals surface area contributed by atoms with Gasteiger partial charge in [0.1, 0.15) is 5.65 Å². The third kappa shape index (κ3) is 3.21. The summed E-state index contributed by atoms with van der Waals surface area (Å²) in [7, 11) is 0. The van der Waals surface area contributed by atoms with Crippen molar-refractivity contribution in [3.8, 4) is 0 Å². The molecule has 0 N–H and O–H groups in total. The first kappa shape index (κ1) is 22.7. The molecule has 0 bridgehead atoms. The molecule has 2 nitrogen and oxygen atoms in total. The zero-order chi connectivity index (χ0) is 26.0. The minimum absolute atomic E-state index is 0.972. The molecule has 2 aromatic heterocycles. The molecule has 0 radical (unpaired) electrons. The summed E-state index contributed by atoms with van der Waals surface area (Å²) in [6.07, 6.45) is 0. The number of hydrogen-bond donors (Lipinski definition) is 0. The highest BCUT2D eigenvalue weighted by Crippen LogP contribution is 2.46. The quantitative estimate of drug-likeness (QED) is 0.171. The van der Waals surface area contributed by atoms with E-state index in [4.69, 9.17) is 16.8 Å². The van der Waals surface area contributed by atoms with Gasteiger partial charge in [0.05, 0.1) is 16.6 Å². The van der Waals surface area contributed by atoms with Crippen molar-refractivity contribution in [1.82, 2.24) is 9.38 Å². The Balaban J connectivity index is 1.61. The molecular weight excluding hydrogens is 511 g/mol. The van der Waals surface area contributed by atoms with Crippen LogP contribution in [-0.2, 0) is 11.8 Å². The van der Waals surface area contributed by atoms with Crippen LogP contribution in [0.25, 0.3) is 49.1 Å². The average molecular weight is 535 g/mol. The van der Waals surface area contributed by atoms with Crippen LogP contribution in [0.5, 0.6) is 0 Å². The van der Waals surface area contributed by atoms with Crippen LogP contribution >= 0.6 is 6.04 Å². The van der Waals surface area contributed by atoms with Gasteiger partial charge in [-0.3, -0.25) is 4.40 Å². The fourth-order valence-electron chi connectivity index (χ4n) is 6.11. The Morgan fingerprint density at radius 2 is 1.18 bits per heavy atom. The molecule has 0 saturated heterocycles. The van der Waals surface area contributed by atoms with Crippen molar-refractivity contribution in [3.63, 3.8) is 0 Å². The predicted molar refractivity (Wildman–Crippen MR) is 171 cm³/mol. The fraction of sp³-hybridized carbons (Fsp3) is 0.